The Labute approximate surface area is 279 Å². The first-order valence-corrected chi connectivity index (χ1v) is 15.7. The molecule has 0 unspecified atom stereocenters. The van der Waals surface area contributed by atoms with Crippen LogP contribution in [0, 0.1) is 0 Å². The van der Waals surface area contributed by atoms with Gasteiger partial charge in [0.2, 0.25) is 5.90 Å². The van der Waals surface area contributed by atoms with Gasteiger partial charge in [-0.25, -0.2) is 4.99 Å². The average molecular weight is 650 g/mol. The number of hydrogen-bond acceptors (Lipinski definition) is 8. The van der Waals surface area contributed by atoms with E-state index < -0.39 is 17.9 Å². The third-order valence-corrected chi connectivity index (χ3v) is 8.19. The van der Waals surface area contributed by atoms with Gasteiger partial charge in [-0.15, -0.1) is 0 Å². The maximum Gasteiger partial charge on any atom is 0.252 e. The SMILES string of the molecule is COC(CNC(=O)[C@]1(Cc2ccccc2CN=[N+]=[N-])N=C(c2ccc(OCCCO)cc2)O[C@@H]1c1ccc(-c2ccccc2)cc1)OC. The Morgan fingerprint density at radius 2 is 1.58 bits per heavy atom. The van der Waals surface area contributed by atoms with Gasteiger partial charge in [-0.05, 0) is 57.6 Å². The normalized spacial score (nSPS) is 16.9. The molecular weight excluding hydrogens is 610 g/mol. The molecular formula is C37H39N5O6. The molecule has 0 spiro atoms. The number of methoxy groups -OCH3 is 2. The number of nitrogens with one attached hydrogen (secondary N) is 1. The molecule has 0 bridgehead atoms. The van der Waals surface area contributed by atoms with Crippen molar-refractivity contribution in [2.24, 2.45) is 10.1 Å². The number of aliphatic hydroxyl groups excluding tert-OH is 1. The fourth-order valence-corrected chi connectivity index (χ4v) is 5.64. The predicted octanol–water partition coefficient (Wildman–Crippen LogP) is 6.16. The molecule has 0 aromatic heterocycles. The van der Waals surface area contributed by atoms with Crippen LogP contribution < -0.4 is 10.1 Å². The second-order valence-corrected chi connectivity index (χ2v) is 11.2. The van der Waals surface area contributed by atoms with E-state index in [1.54, 1.807) is 12.1 Å². The van der Waals surface area contributed by atoms with Gasteiger partial charge in [-0.2, -0.15) is 0 Å². The van der Waals surface area contributed by atoms with Gasteiger partial charge in [0, 0.05) is 44.1 Å². The van der Waals surface area contributed by atoms with Gasteiger partial charge in [-0.3, -0.25) is 4.79 Å². The summed E-state index contributed by atoms with van der Waals surface area (Å²) in [6.07, 6.45) is -0.823. The quantitative estimate of drug-likeness (QED) is 0.0489. The zero-order valence-electron chi connectivity index (χ0n) is 27.0. The minimum atomic E-state index is -1.47. The lowest BCUT2D eigenvalue weighted by Crippen LogP contribution is -2.51. The van der Waals surface area contributed by atoms with Gasteiger partial charge < -0.3 is 29.4 Å². The number of aliphatic imine (C=N–C) groups is 1. The number of carbonyl (C=O) groups excluding carboxylic acids is 1. The van der Waals surface area contributed by atoms with Crippen LogP contribution in [0.4, 0.5) is 0 Å². The third kappa shape index (κ3) is 8.02. The topological polar surface area (TPSA) is 147 Å². The molecule has 0 saturated heterocycles. The van der Waals surface area contributed by atoms with Crippen molar-refractivity contribution in [3.8, 4) is 16.9 Å². The lowest BCUT2D eigenvalue weighted by molar-refractivity contribution is -0.134. The first kappa shape index (κ1) is 34.2. The van der Waals surface area contributed by atoms with Crippen molar-refractivity contribution in [1.82, 2.24) is 5.32 Å². The van der Waals surface area contributed by atoms with Crippen LogP contribution in [0.2, 0.25) is 0 Å². The van der Waals surface area contributed by atoms with Crippen LogP contribution in [-0.4, -0.2) is 62.7 Å². The van der Waals surface area contributed by atoms with E-state index >= 15 is 0 Å². The second kappa shape index (κ2) is 16.6. The molecule has 4 aromatic carbocycles. The Morgan fingerprint density at radius 3 is 2.25 bits per heavy atom. The van der Waals surface area contributed by atoms with Gasteiger partial charge in [0.15, 0.2) is 17.9 Å². The van der Waals surface area contributed by atoms with Crippen LogP contribution in [0.5, 0.6) is 5.75 Å². The molecule has 5 rings (SSSR count). The summed E-state index contributed by atoms with van der Waals surface area (Å²) >= 11 is 0. The zero-order valence-corrected chi connectivity index (χ0v) is 27.0. The first-order valence-electron chi connectivity index (χ1n) is 15.7. The number of benzene rings is 4. The largest absolute Gasteiger partial charge is 0.494 e. The summed E-state index contributed by atoms with van der Waals surface area (Å²) in [5.41, 5.74) is 12.7. The second-order valence-electron chi connectivity index (χ2n) is 11.2. The summed E-state index contributed by atoms with van der Waals surface area (Å²) in [5.74, 6) is 0.558. The summed E-state index contributed by atoms with van der Waals surface area (Å²) in [6.45, 7) is 0.628. The van der Waals surface area contributed by atoms with Crippen molar-refractivity contribution in [3.63, 3.8) is 0 Å². The van der Waals surface area contributed by atoms with Crippen molar-refractivity contribution in [2.75, 3.05) is 34.0 Å². The van der Waals surface area contributed by atoms with Crippen LogP contribution in [0.15, 0.2) is 113 Å². The van der Waals surface area contributed by atoms with Crippen LogP contribution in [-0.2, 0) is 32.0 Å². The van der Waals surface area contributed by atoms with Gasteiger partial charge >= 0.3 is 0 Å². The highest BCUT2D eigenvalue weighted by atomic mass is 16.7. The van der Waals surface area contributed by atoms with E-state index in [4.69, 9.17) is 34.6 Å². The van der Waals surface area contributed by atoms with Crippen LogP contribution >= 0.6 is 0 Å². The van der Waals surface area contributed by atoms with Gasteiger partial charge in [0.25, 0.3) is 5.91 Å². The summed E-state index contributed by atoms with van der Waals surface area (Å²) in [6, 6.07) is 32.8. The van der Waals surface area contributed by atoms with Crippen molar-refractivity contribution >= 4 is 11.8 Å². The number of nitrogens with zero attached hydrogens (tertiary/aromatic N) is 4. The molecule has 0 fully saturated rings. The van der Waals surface area contributed by atoms with Gasteiger partial charge in [0.1, 0.15) is 5.75 Å². The van der Waals surface area contributed by atoms with Gasteiger partial charge in [0.05, 0.1) is 19.7 Å². The molecule has 0 aliphatic carbocycles. The fraction of sp³-hybridized carbons (Fsp3) is 0.297. The third-order valence-electron chi connectivity index (χ3n) is 8.19. The Balaban J connectivity index is 1.60. The van der Waals surface area contributed by atoms with Gasteiger partial charge in [-0.1, -0.05) is 84.0 Å². The zero-order chi connectivity index (χ0) is 33.8. The Morgan fingerprint density at radius 1 is 0.938 bits per heavy atom. The monoisotopic (exact) mass is 649 g/mol. The molecule has 2 N–H and O–H groups in total. The van der Waals surface area contributed by atoms with Crippen molar-refractivity contribution in [3.05, 3.63) is 136 Å². The maximum absolute atomic E-state index is 14.6. The summed E-state index contributed by atoms with van der Waals surface area (Å²) in [5, 5.41) is 15.9. The molecule has 248 valence electrons. The van der Waals surface area contributed by atoms with Crippen molar-refractivity contribution in [1.29, 1.82) is 0 Å². The van der Waals surface area contributed by atoms with Crippen molar-refractivity contribution in [2.45, 2.75) is 37.3 Å². The van der Waals surface area contributed by atoms with E-state index in [1.807, 2.05) is 91.0 Å². The van der Waals surface area contributed by atoms with E-state index in [0.29, 0.717) is 30.2 Å². The molecule has 48 heavy (non-hydrogen) atoms. The van der Waals surface area contributed by atoms with E-state index in [2.05, 4.69) is 15.3 Å². The minimum absolute atomic E-state index is 0.0437. The van der Waals surface area contributed by atoms with Crippen LogP contribution in [0.1, 0.15) is 34.8 Å². The molecule has 1 amide bonds. The highest BCUT2D eigenvalue weighted by Crippen LogP contribution is 2.43. The number of amides is 1. The highest BCUT2D eigenvalue weighted by molar-refractivity contribution is 6.01. The summed E-state index contributed by atoms with van der Waals surface area (Å²) in [4.78, 5) is 22.6. The molecule has 1 aliphatic heterocycles. The minimum Gasteiger partial charge on any atom is -0.494 e. The number of hydrogen-bond donors (Lipinski definition) is 2. The number of aliphatic hydroxyl groups is 1. The molecule has 0 saturated carbocycles. The maximum atomic E-state index is 14.6. The molecule has 2 atom stereocenters. The summed E-state index contributed by atoms with van der Waals surface area (Å²) < 4.78 is 23.1. The number of carbonyl (C=O) groups is 1. The molecule has 4 aromatic rings. The lowest BCUT2D eigenvalue weighted by atomic mass is 9.80. The van der Waals surface area contributed by atoms with Crippen LogP contribution in [0.25, 0.3) is 21.6 Å². The van der Waals surface area contributed by atoms with E-state index in [1.165, 1.54) is 14.2 Å². The standard InChI is InChI=1S/C37H39N5O6/c1-45-33(46-2)25-39-36(44)37(23-30-11-6-7-12-31(30)24-40-42-38)34(28-15-13-27(14-16-28)26-9-4-3-5-10-26)48-35(41-37)29-17-19-32(20-18-29)47-22-8-21-43/h3-7,9-20,33-34,43H,8,21-25H2,1-2H3,(H,39,44)/t34-,37-/m1/s1. The molecule has 11 heteroatoms. The number of azide groups is 1. The molecule has 11 nitrogen and oxygen atoms in total. The predicted molar refractivity (Wildman–Crippen MR) is 182 cm³/mol. The number of rotatable bonds is 16. The molecule has 1 aliphatic rings. The van der Waals surface area contributed by atoms with Crippen molar-refractivity contribution < 1.29 is 28.8 Å². The highest BCUT2D eigenvalue weighted by Gasteiger charge is 2.53. The average Bonchev–Trinajstić information content (AvgIpc) is 3.52. The Hall–Kier alpha value is -5.19. The first-order chi connectivity index (χ1) is 23.5. The molecule has 0 radical (unpaired) electrons. The Kier molecular flexibility index (Phi) is 11.8. The number of ether oxygens (including phenoxy) is 4. The van der Waals surface area contributed by atoms with E-state index in [9.17, 15) is 4.79 Å². The Bertz CT molecular complexity index is 1720. The smallest absolute Gasteiger partial charge is 0.252 e. The summed E-state index contributed by atoms with van der Waals surface area (Å²) in [7, 11) is 3.01. The molecule has 1 heterocycles. The lowest BCUT2D eigenvalue weighted by Gasteiger charge is -2.32. The van der Waals surface area contributed by atoms with E-state index in [-0.39, 0.29) is 32.0 Å². The fourth-order valence-electron chi connectivity index (χ4n) is 5.64. The van der Waals surface area contributed by atoms with E-state index in [0.717, 1.165) is 27.8 Å². The van der Waals surface area contributed by atoms with Crippen LogP contribution in [0.3, 0.4) is 0 Å².